The fraction of sp³-hybridized carbons (Fsp3) is 0.400. The standard InChI is InChI=1S/C15H17F3N6O3/c1-22(8-15(16,17)18)6-2-5-20-14(25)11-3-4-12(13(7-11)24(26)27)23-10-19-9-21-23/h3-4,7,9-10H,2,5-6,8H2,1H3,(H,20,25). The summed E-state index contributed by atoms with van der Waals surface area (Å²) < 4.78 is 37.9. The largest absolute Gasteiger partial charge is 0.401 e. The van der Waals surface area contributed by atoms with E-state index in [0.29, 0.717) is 6.42 Å². The number of amides is 1. The van der Waals surface area contributed by atoms with Crippen molar-refractivity contribution in [3.8, 4) is 5.69 Å². The Morgan fingerprint density at radius 3 is 2.74 bits per heavy atom. The molecule has 1 heterocycles. The molecule has 2 aromatic rings. The molecular formula is C15H17F3N6O3. The number of aromatic nitrogens is 3. The number of hydrogen-bond acceptors (Lipinski definition) is 6. The molecule has 0 unspecified atom stereocenters. The van der Waals surface area contributed by atoms with E-state index >= 15 is 0 Å². The maximum atomic E-state index is 12.2. The van der Waals surface area contributed by atoms with E-state index in [4.69, 9.17) is 0 Å². The summed E-state index contributed by atoms with van der Waals surface area (Å²) >= 11 is 0. The van der Waals surface area contributed by atoms with Gasteiger partial charge in [-0.1, -0.05) is 0 Å². The summed E-state index contributed by atoms with van der Waals surface area (Å²) in [5.74, 6) is -0.554. The van der Waals surface area contributed by atoms with Crippen molar-refractivity contribution in [1.29, 1.82) is 0 Å². The Morgan fingerprint density at radius 2 is 2.15 bits per heavy atom. The molecular weight excluding hydrogens is 369 g/mol. The van der Waals surface area contributed by atoms with Crippen LogP contribution in [-0.4, -0.2) is 63.4 Å². The lowest BCUT2D eigenvalue weighted by molar-refractivity contribution is -0.384. The maximum Gasteiger partial charge on any atom is 0.401 e. The van der Waals surface area contributed by atoms with Crippen LogP contribution in [0.1, 0.15) is 16.8 Å². The highest BCUT2D eigenvalue weighted by atomic mass is 19.4. The quantitative estimate of drug-likeness (QED) is 0.421. The van der Waals surface area contributed by atoms with Crippen LogP contribution in [0.4, 0.5) is 18.9 Å². The summed E-state index contributed by atoms with van der Waals surface area (Å²) in [4.78, 5) is 27.6. The molecule has 146 valence electrons. The molecule has 1 amide bonds. The van der Waals surface area contributed by atoms with Crippen molar-refractivity contribution in [3.05, 3.63) is 46.5 Å². The molecule has 0 saturated heterocycles. The molecule has 0 atom stereocenters. The first-order valence-corrected chi connectivity index (χ1v) is 7.84. The molecule has 0 saturated carbocycles. The van der Waals surface area contributed by atoms with Crippen molar-refractivity contribution in [1.82, 2.24) is 25.0 Å². The lowest BCUT2D eigenvalue weighted by atomic mass is 10.1. The molecule has 1 aromatic carbocycles. The average molecular weight is 386 g/mol. The van der Waals surface area contributed by atoms with Gasteiger partial charge in [0.05, 0.1) is 11.5 Å². The van der Waals surface area contributed by atoms with Gasteiger partial charge in [0.2, 0.25) is 0 Å². The van der Waals surface area contributed by atoms with Crippen LogP contribution in [-0.2, 0) is 0 Å². The van der Waals surface area contributed by atoms with Crippen molar-refractivity contribution < 1.29 is 22.9 Å². The van der Waals surface area contributed by atoms with E-state index in [9.17, 15) is 28.1 Å². The van der Waals surface area contributed by atoms with Gasteiger partial charge in [0.25, 0.3) is 11.6 Å². The van der Waals surface area contributed by atoms with Crippen LogP contribution in [0.5, 0.6) is 0 Å². The molecule has 12 heteroatoms. The molecule has 0 aliphatic rings. The van der Waals surface area contributed by atoms with E-state index in [1.807, 2.05) is 0 Å². The van der Waals surface area contributed by atoms with E-state index in [1.165, 1.54) is 36.5 Å². The third-order valence-corrected chi connectivity index (χ3v) is 3.55. The lowest BCUT2D eigenvalue weighted by Crippen LogP contribution is -2.33. The molecule has 9 nitrogen and oxygen atoms in total. The molecule has 2 rings (SSSR count). The van der Waals surface area contributed by atoms with Gasteiger partial charge in [0.1, 0.15) is 18.3 Å². The third kappa shape index (κ3) is 6.02. The second-order valence-electron chi connectivity index (χ2n) is 5.76. The number of rotatable bonds is 8. The van der Waals surface area contributed by atoms with Crippen molar-refractivity contribution in [2.24, 2.45) is 0 Å². The summed E-state index contributed by atoms with van der Waals surface area (Å²) in [6, 6.07) is 3.89. The highest BCUT2D eigenvalue weighted by molar-refractivity contribution is 5.95. The number of nitrogens with zero attached hydrogens (tertiary/aromatic N) is 5. The van der Waals surface area contributed by atoms with E-state index in [-0.39, 0.29) is 30.0 Å². The minimum atomic E-state index is -4.28. The first kappa shape index (κ1) is 20.3. The maximum absolute atomic E-state index is 12.2. The van der Waals surface area contributed by atoms with Crippen LogP contribution in [0.15, 0.2) is 30.9 Å². The lowest BCUT2D eigenvalue weighted by Gasteiger charge is -2.18. The Kier molecular flexibility index (Phi) is 6.45. The number of nitro benzene ring substituents is 1. The minimum Gasteiger partial charge on any atom is -0.352 e. The Hall–Kier alpha value is -3.02. The fourth-order valence-electron chi connectivity index (χ4n) is 2.38. The van der Waals surface area contributed by atoms with Gasteiger partial charge < -0.3 is 5.32 Å². The zero-order chi connectivity index (χ0) is 20.0. The monoisotopic (exact) mass is 386 g/mol. The van der Waals surface area contributed by atoms with Gasteiger partial charge in [-0.2, -0.15) is 18.3 Å². The summed E-state index contributed by atoms with van der Waals surface area (Å²) in [6.07, 6.45) is -1.46. The summed E-state index contributed by atoms with van der Waals surface area (Å²) in [7, 11) is 1.33. The van der Waals surface area contributed by atoms with E-state index in [2.05, 4.69) is 15.4 Å². The van der Waals surface area contributed by atoms with Crippen LogP contribution in [0.25, 0.3) is 5.69 Å². The highest BCUT2D eigenvalue weighted by Gasteiger charge is 2.28. The number of nitro groups is 1. The van der Waals surface area contributed by atoms with E-state index < -0.39 is 23.6 Å². The molecule has 27 heavy (non-hydrogen) atoms. The zero-order valence-corrected chi connectivity index (χ0v) is 14.3. The molecule has 0 radical (unpaired) electrons. The van der Waals surface area contributed by atoms with Gasteiger partial charge in [0, 0.05) is 18.2 Å². The highest BCUT2D eigenvalue weighted by Crippen LogP contribution is 2.23. The molecule has 0 fully saturated rings. The third-order valence-electron chi connectivity index (χ3n) is 3.55. The topological polar surface area (TPSA) is 106 Å². The molecule has 0 bridgehead atoms. The smallest absolute Gasteiger partial charge is 0.352 e. The van der Waals surface area contributed by atoms with E-state index in [0.717, 1.165) is 11.0 Å². The fourth-order valence-corrected chi connectivity index (χ4v) is 2.38. The molecule has 0 aliphatic heterocycles. The number of hydrogen-bond donors (Lipinski definition) is 1. The Bertz CT molecular complexity index is 795. The van der Waals surface area contributed by atoms with Crippen LogP contribution in [0, 0.1) is 10.1 Å². The summed E-state index contributed by atoms with van der Waals surface area (Å²) in [5.41, 5.74) is -0.102. The van der Waals surface area contributed by atoms with Crippen molar-refractivity contribution in [2.45, 2.75) is 12.6 Å². The van der Waals surface area contributed by atoms with Gasteiger partial charge in [0.15, 0.2) is 0 Å². The molecule has 0 spiro atoms. The number of carbonyl (C=O) groups excluding carboxylic acids is 1. The van der Waals surface area contributed by atoms with Crippen LogP contribution in [0.3, 0.4) is 0 Å². The SMILES string of the molecule is CN(CCCNC(=O)c1ccc(-n2cncn2)c([N+](=O)[O-])c1)CC(F)(F)F. The van der Waals surface area contributed by atoms with Gasteiger partial charge in [-0.05, 0) is 32.1 Å². The number of benzene rings is 1. The molecule has 0 aliphatic carbocycles. The van der Waals surface area contributed by atoms with Gasteiger partial charge in [-0.3, -0.25) is 19.8 Å². The van der Waals surface area contributed by atoms with Gasteiger partial charge in [-0.25, -0.2) is 9.67 Å². The molecule has 1 N–H and O–H groups in total. The van der Waals surface area contributed by atoms with Gasteiger partial charge >= 0.3 is 6.18 Å². The normalized spacial score (nSPS) is 11.6. The number of halogens is 3. The predicted molar refractivity (Wildman–Crippen MR) is 88.5 cm³/mol. The second kappa shape index (κ2) is 8.58. The summed E-state index contributed by atoms with van der Waals surface area (Å²) in [6.45, 7) is -0.748. The van der Waals surface area contributed by atoms with Crippen molar-refractivity contribution >= 4 is 11.6 Å². The average Bonchev–Trinajstić information content (AvgIpc) is 3.10. The van der Waals surface area contributed by atoms with Crippen LogP contribution in [0.2, 0.25) is 0 Å². The van der Waals surface area contributed by atoms with Crippen LogP contribution >= 0.6 is 0 Å². The minimum absolute atomic E-state index is 0.0641. The van der Waals surface area contributed by atoms with Crippen molar-refractivity contribution in [2.75, 3.05) is 26.7 Å². The van der Waals surface area contributed by atoms with Gasteiger partial charge in [-0.15, -0.1) is 0 Å². The zero-order valence-electron chi connectivity index (χ0n) is 14.3. The first-order chi connectivity index (χ1) is 12.7. The van der Waals surface area contributed by atoms with Crippen LogP contribution < -0.4 is 5.32 Å². The predicted octanol–water partition coefficient (Wildman–Crippen LogP) is 1.79. The number of alkyl halides is 3. The second-order valence-corrected chi connectivity index (χ2v) is 5.76. The number of nitrogens with one attached hydrogen (secondary N) is 1. The Balaban J connectivity index is 1.95. The Labute approximate surface area is 151 Å². The van der Waals surface area contributed by atoms with E-state index in [1.54, 1.807) is 0 Å². The number of carbonyl (C=O) groups is 1. The first-order valence-electron chi connectivity index (χ1n) is 7.84. The van der Waals surface area contributed by atoms with Crippen molar-refractivity contribution in [3.63, 3.8) is 0 Å². The molecule has 1 aromatic heterocycles. The Morgan fingerprint density at radius 1 is 1.41 bits per heavy atom. The summed E-state index contributed by atoms with van der Waals surface area (Å²) in [5, 5.41) is 17.6.